The SMILES string of the molecule is CC(=O)N1c2cc(C)ccc2Nc2ncccc2C1C. The first kappa shape index (κ1) is 12.7. The molecule has 20 heavy (non-hydrogen) atoms. The van der Waals surface area contributed by atoms with Gasteiger partial charge in [-0.2, -0.15) is 0 Å². The summed E-state index contributed by atoms with van der Waals surface area (Å²) < 4.78 is 0. The Morgan fingerprint density at radius 3 is 2.90 bits per heavy atom. The van der Waals surface area contributed by atoms with Gasteiger partial charge >= 0.3 is 0 Å². The van der Waals surface area contributed by atoms with E-state index in [-0.39, 0.29) is 11.9 Å². The number of fused-ring (bicyclic) bond motifs is 2. The first-order valence-electron chi connectivity index (χ1n) is 6.70. The molecule has 0 aliphatic carbocycles. The Morgan fingerprint density at radius 1 is 1.35 bits per heavy atom. The fraction of sp³-hybridized carbons (Fsp3) is 0.250. The Morgan fingerprint density at radius 2 is 2.15 bits per heavy atom. The predicted octanol–water partition coefficient (Wildman–Crippen LogP) is 3.56. The maximum Gasteiger partial charge on any atom is 0.224 e. The molecule has 3 rings (SSSR count). The van der Waals surface area contributed by atoms with Crippen molar-refractivity contribution < 1.29 is 4.79 Å². The molecule has 1 N–H and O–H groups in total. The summed E-state index contributed by atoms with van der Waals surface area (Å²) in [5, 5.41) is 3.34. The number of anilines is 3. The maximum atomic E-state index is 12.1. The van der Waals surface area contributed by atoms with Crippen molar-refractivity contribution >= 4 is 23.1 Å². The van der Waals surface area contributed by atoms with Crippen molar-refractivity contribution in [2.45, 2.75) is 26.8 Å². The largest absolute Gasteiger partial charge is 0.338 e. The quantitative estimate of drug-likeness (QED) is 0.793. The Labute approximate surface area is 118 Å². The molecule has 1 amide bonds. The lowest BCUT2D eigenvalue weighted by Crippen LogP contribution is -2.31. The Balaban J connectivity index is 2.25. The minimum atomic E-state index is -0.0493. The van der Waals surface area contributed by atoms with Crippen LogP contribution >= 0.6 is 0 Å². The third-order valence-corrected chi connectivity index (χ3v) is 3.68. The molecule has 1 aromatic carbocycles. The average molecular weight is 267 g/mol. The lowest BCUT2D eigenvalue weighted by molar-refractivity contribution is -0.117. The fourth-order valence-electron chi connectivity index (χ4n) is 2.72. The monoisotopic (exact) mass is 267 g/mol. The van der Waals surface area contributed by atoms with E-state index in [0.29, 0.717) is 0 Å². The molecule has 1 aliphatic heterocycles. The molecule has 4 heteroatoms. The molecule has 4 nitrogen and oxygen atoms in total. The van der Waals surface area contributed by atoms with Crippen LogP contribution in [0, 0.1) is 6.92 Å². The number of benzene rings is 1. The van der Waals surface area contributed by atoms with Crippen molar-refractivity contribution in [3.63, 3.8) is 0 Å². The van der Waals surface area contributed by atoms with Gasteiger partial charge < -0.3 is 10.2 Å². The number of carbonyl (C=O) groups excluding carboxylic acids is 1. The number of pyridine rings is 1. The van der Waals surface area contributed by atoms with Crippen LogP contribution in [0.2, 0.25) is 0 Å². The van der Waals surface area contributed by atoms with E-state index in [1.807, 2.05) is 49.1 Å². The number of hydrogen-bond donors (Lipinski definition) is 1. The second-order valence-corrected chi connectivity index (χ2v) is 5.15. The molecular weight excluding hydrogens is 250 g/mol. The van der Waals surface area contributed by atoms with E-state index in [0.717, 1.165) is 28.3 Å². The molecule has 1 unspecified atom stereocenters. The van der Waals surface area contributed by atoms with Crippen molar-refractivity contribution in [1.82, 2.24) is 4.98 Å². The number of aromatic nitrogens is 1. The molecule has 2 aromatic rings. The van der Waals surface area contributed by atoms with Crippen LogP contribution in [0.3, 0.4) is 0 Å². The predicted molar refractivity (Wildman–Crippen MR) is 80.3 cm³/mol. The normalized spacial score (nSPS) is 16.8. The molecule has 1 aromatic heterocycles. The Kier molecular flexibility index (Phi) is 2.93. The summed E-state index contributed by atoms with van der Waals surface area (Å²) in [6.45, 7) is 5.66. The molecule has 0 radical (unpaired) electrons. The molecule has 2 heterocycles. The van der Waals surface area contributed by atoms with Gasteiger partial charge in [0.05, 0.1) is 17.4 Å². The number of carbonyl (C=O) groups is 1. The number of rotatable bonds is 0. The van der Waals surface area contributed by atoms with E-state index in [1.54, 1.807) is 13.1 Å². The smallest absolute Gasteiger partial charge is 0.224 e. The molecule has 0 bridgehead atoms. The molecule has 0 spiro atoms. The number of nitrogens with zero attached hydrogens (tertiary/aromatic N) is 2. The topological polar surface area (TPSA) is 45.2 Å². The van der Waals surface area contributed by atoms with Crippen LogP contribution in [0.15, 0.2) is 36.5 Å². The maximum absolute atomic E-state index is 12.1. The zero-order valence-electron chi connectivity index (χ0n) is 11.8. The van der Waals surface area contributed by atoms with Crippen LogP contribution in [0.1, 0.15) is 31.0 Å². The van der Waals surface area contributed by atoms with Crippen LogP contribution in [0.25, 0.3) is 0 Å². The lowest BCUT2D eigenvalue weighted by Gasteiger charge is -2.27. The molecule has 1 atom stereocenters. The molecule has 102 valence electrons. The summed E-state index contributed by atoms with van der Waals surface area (Å²) in [6, 6.07) is 9.92. The highest BCUT2D eigenvalue weighted by molar-refractivity contribution is 5.98. The number of aryl methyl sites for hydroxylation is 1. The average Bonchev–Trinajstić information content (AvgIpc) is 2.53. The summed E-state index contributed by atoms with van der Waals surface area (Å²) in [5.74, 6) is 0.844. The van der Waals surface area contributed by atoms with Crippen LogP contribution in [-0.4, -0.2) is 10.9 Å². The van der Waals surface area contributed by atoms with Gasteiger partial charge in [0.1, 0.15) is 5.82 Å². The summed E-state index contributed by atoms with van der Waals surface area (Å²) in [5.41, 5.74) is 3.97. The van der Waals surface area contributed by atoms with Gasteiger partial charge in [0.2, 0.25) is 5.91 Å². The number of amides is 1. The van der Waals surface area contributed by atoms with Gasteiger partial charge in [-0.3, -0.25) is 4.79 Å². The van der Waals surface area contributed by atoms with Gasteiger partial charge in [0, 0.05) is 18.7 Å². The summed E-state index contributed by atoms with van der Waals surface area (Å²) in [6.07, 6.45) is 1.76. The highest BCUT2D eigenvalue weighted by Gasteiger charge is 2.28. The van der Waals surface area contributed by atoms with Gasteiger partial charge in [-0.25, -0.2) is 4.98 Å². The lowest BCUT2D eigenvalue weighted by atomic mass is 10.1. The third-order valence-electron chi connectivity index (χ3n) is 3.68. The van der Waals surface area contributed by atoms with Gasteiger partial charge in [0.15, 0.2) is 0 Å². The third kappa shape index (κ3) is 1.93. The summed E-state index contributed by atoms with van der Waals surface area (Å²) in [4.78, 5) is 18.3. The number of nitrogens with one attached hydrogen (secondary N) is 1. The minimum absolute atomic E-state index is 0.0304. The zero-order chi connectivity index (χ0) is 14.3. The van der Waals surface area contributed by atoms with Crippen molar-refractivity contribution in [3.8, 4) is 0 Å². The van der Waals surface area contributed by atoms with E-state index in [4.69, 9.17) is 0 Å². The van der Waals surface area contributed by atoms with Gasteiger partial charge in [-0.1, -0.05) is 12.1 Å². The molecule has 0 fully saturated rings. The van der Waals surface area contributed by atoms with E-state index in [1.165, 1.54) is 0 Å². The van der Waals surface area contributed by atoms with Crippen LogP contribution in [0.4, 0.5) is 17.2 Å². The molecular formula is C16H17N3O. The van der Waals surface area contributed by atoms with Crippen molar-refractivity contribution in [3.05, 3.63) is 47.7 Å². The molecule has 1 aliphatic rings. The van der Waals surface area contributed by atoms with Crippen LogP contribution < -0.4 is 10.2 Å². The second-order valence-electron chi connectivity index (χ2n) is 5.15. The van der Waals surface area contributed by atoms with E-state index >= 15 is 0 Å². The van der Waals surface area contributed by atoms with E-state index in [2.05, 4.69) is 10.3 Å². The first-order chi connectivity index (χ1) is 9.58. The first-order valence-corrected chi connectivity index (χ1v) is 6.70. The van der Waals surface area contributed by atoms with Crippen molar-refractivity contribution in [2.75, 3.05) is 10.2 Å². The second kappa shape index (κ2) is 4.63. The van der Waals surface area contributed by atoms with Crippen molar-refractivity contribution in [2.24, 2.45) is 0 Å². The standard InChI is InChI=1S/C16H17N3O/c1-10-6-7-14-15(9-10)19(12(3)20)11(2)13-5-4-8-17-16(13)18-14/h4-9,11H,1-3H3,(H,17,18). The van der Waals surface area contributed by atoms with Crippen LogP contribution in [-0.2, 0) is 4.79 Å². The summed E-state index contributed by atoms with van der Waals surface area (Å²) in [7, 11) is 0. The molecule has 0 saturated carbocycles. The van der Waals surface area contributed by atoms with Gasteiger partial charge in [-0.05, 0) is 37.6 Å². The van der Waals surface area contributed by atoms with Gasteiger partial charge in [0.25, 0.3) is 0 Å². The minimum Gasteiger partial charge on any atom is -0.338 e. The van der Waals surface area contributed by atoms with E-state index < -0.39 is 0 Å². The summed E-state index contributed by atoms with van der Waals surface area (Å²) >= 11 is 0. The van der Waals surface area contributed by atoms with Gasteiger partial charge in [-0.15, -0.1) is 0 Å². The zero-order valence-corrected chi connectivity index (χ0v) is 11.8. The fourth-order valence-corrected chi connectivity index (χ4v) is 2.72. The highest BCUT2D eigenvalue weighted by atomic mass is 16.2. The Hall–Kier alpha value is -2.36. The van der Waals surface area contributed by atoms with Crippen LogP contribution in [0.5, 0.6) is 0 Å². The van der Waals surface area contributed by atoms with E-state index in [9.17, 15) is 4.79 Å². The number of hydrogen-bond acceptors (Lipinski definition) is 3. The molecule has 0 saturated heterocycles. The Bertz CT molecular complexity index is 681. The highest BCUT2D eigenvalue weighted by Crippen LogP contribution is 2.40. The van der Waals surface area contributed by atoms with Crippen molar-refractivity contribution in [1.29, 1.82) is 0 Å².